The van der Waals surface area contributed by atoms with Crippen molar-refractivity contribution >= 4 is 27.2 Å². The molecule has 0 aliphatic heterocycles. The Kier molecular flexibility index (Phi) is 4.49. The van der Waals surface area contributed by atoms with Gasteiger partial charge in [0.25, 0.3) is 0 Å². The largest absolute Gasteiger partial charge is 0.392 e. The van der Waals surface area contributed by atoms with Gasteiger partial charge < -0.3 is 5.73 Å². The van der Waals surface area contributed by atoms with Crippen LogP contribution in [0.5, 0.6) is 0 Å². The average molecular weight is 299 g/mol. The van der Waals surface area contributed by atoms with E-state index in [2.05, 4.69) is 9.71 Å². The van der Waals surface area contributed by atoms with Crippen molar-refractivity contribution < 1.29 is 8.42 Å². The lowest BCUT2D eigenvalue weighted by atomic mass is 10.2. The molecule has 0 bridgehead atoms. The van der Waals surface area contributed by atoms with Gasteiger partial charge in [-0.2, -0.15) is 0 Å². The Morgan fingerprint density at radius 2 is 2.26 bits per heavy atom. The smallest absolute Gasteiger partial charge is 0.212 e. The topological polar surface area (TPSA) is 85.1 Å². The number of aromatic nitrogens is 1. The van der Waals surface area contributed by atoms with Crippen LogP contribution in [-0.2, 0) is 16.4 Å². The number of nitrogens with zero attached hydrogens (tertiary/aromatic N) is 1. The van der Waals surface area contributed by atoms with E-state index in [0.717, 1.165) is 18.5 Å². The van der Waals surface area contributed by atoms with Crippen molar-refractivity contribution in [3.05, 3.63) is 30.1 Å². The molecule has 1 atom stereocenters. The summed E-state index contributed by atoms with van der Waals surface area (Å²) in [6.45, 7) is 0. The van der Waals surface area contributed by atoms with Crippen molar-refractivity contribution in [1.29, 1.82) is 0 Å². The fourth-order valence-electron chi connectivity index (χ4n) is 1.85. The number of sulfonamides is 1. The van der Waals surface area contributed by atoms with E-state index in [-0.39, 0.29) is 16.7 Å². The zero-order valence-corrected chi connectivity index (χ0v) is 12.1. The molecule has 1 saturated carbocycles. The van der Waals surface area contributed by atoms with E-state index < -0.39 is 16.1 Å². The molecule has 1 heterocycles. The third kappa shape index (κ3) is 4.52. The number of nitrogens with two attached hydrogens (primary N) is 1. The summed E-state index contributed by atoms with van der Waals surface area (Å²) in [6.07, 6.45) is 3.98. The Labute approximate surface area is 118 Å². The first-order valence-corrected chi connectivity index (χ1v) is 8.23. The minimum atomic E-state index is -3.39. The van der Waals surface area contributed by atoms with Crippen molar-refractivity contribution in [2.24, 2.45) is 11.7 Å². The highest BCUT2D eigenvalue weighted by Crippen LogP contribution is 2.33. The predicted molar refractivity (Wildman–Crippen MR) is 78.2 cm³/mol. The second-order valence-electron chi connectivity index (χ2n) is 4.73. The average Bonchev–Trinajstić information content (AvgIpc) is 3.19. The lowest BCUT2D eigenvalue weighted by molar-refractivity contribution is 0.564. The quantitative estimate of drug-likeness (QED) is 0.721. The van der Waals surface area contributed by atoms with Gasteiger partial charge in [-0.3, -0.25) is 4.98 Å². The molecule has 0 amide bonds. The van der Waals surface area contributed by atoms with Crippen molar-refractivity contribution in [3.8, 4) is 0 Å². The van der Waals surface area contributed by atoms with E-state index in [9.17, 15) is 8.42 Å². The molecule has 19 heavy (non-hydrogen) atoms. The van der Waals surface area contributed by atoms with E-state index in [1.54, 1.807) is 12.3 Å². The first kappa shape index (κ1) is 14.4. The third-order valence-electron chi connectivity index (χ3n) is 3.06. The zero-order valence-electron chi connectivity index (χ0n) is 10.5. The molecule has 5 nitrogen and oxygen atoms in total. The SMILES string of the molecule is NC(=S)C(NS(=O)(=O)CCc1ccccn1)C1CC1. The molecule has 1 aromatic rings. The molecule has 0 aromatic carbocycles. The van der Waals surface area contributed by atoms with Crippen molar-refractivity contribution in [2.45, 2.75) is 25.3 Å². The molecule has 1 aliphatic carbocycles. The first-order chi connectivity index (χ1) is 8.98. The molecular formula is C12H17N3O2S2. The molecule has 2 rings (SSSR count). The molecule has 0 radical (unpaired) electrons. The fraction of sp³-hybridized carbons (Fsp3) is 0.500. The van der Waals surface area contributed by atoms with Crippen LogP contribution in [0.3, 0.4) is 0 Å². The number of hydrogen-bond donors (Lipinski definition) is 2. The fourth-order valence-corrected chi connectivity index (χ4v) is 3.48. The highest BCUT2D eigenvalue weighted by molar-refractivity contribution is 7.89. The second-order valence-corrected chi connectivity index (χ2v) is 7.07. The molecule has 1 aliphatic rings. The molecular weight excluding hydrogens is 282 g/mol. The van der Waals surface area contributed by atoms with E-state index in [0.29, 0.717) is 6.42 Å². The summed E-state index contributed by atoms with van der Waals surface area (Å²) in [6, 6.07) is 5.04. The summed E-state index contributed by atoms with van der Waals surface area (Å²) in [5.41, 5.74) is 6.34. The lowest BCUT2D eigenvalue weighted by Crippen LogP contribution is -2.45. The molecule has 7 heteroatoms. The van der Waals surface area contributed by atoms with Gasteiger partial charge in [-0.1, -0.05) is 18.3 Å². The van der Waals surface area contributed by atoms with Gasteiger partial charge in [0.05, 0.1) is 16.8 Å². The molecule has 1 aromatic heterocycles. The molecule has 0 spiro atoms. The van der Waals surface area contributed by atoms with Gasteiger partial charge in [0.1, 0.15) is 0 Å². The normalized spacial score (nSPS) is 17.1. The van der Waals surface area contributed by atoms with Crippen molar-refractivity contribution in [1.82, 2.24) is 9.71 Å². The molecule has 3 N–H and O–H groups in total. The highest BCUT2D eigenvalue weighted by atomic mass is 32.2. The van der Waals surface area contributed by atoms with Crippen LogP contribution in [0, 0.1) is 5.92 Å². The van der Waals surface area contributed by atoms with Gasteiger partial charge in [0.2, 0.25) is 10.0 Å². The van der Waals surface area contributed by atoms with Gasteiger partial charge >= 0.3 is 0 Å². The van der Waals surface area contributed by atoms with Crippen LogP contribution in [0.15, 0.2) is 24.4 Å². The summed E-state index contributed by atoms with van der Waals surface area (Å²) < 4.78 is 26.6. The van der Waals surface area contributed by atoms with Crippen LogP contribution in [0.2, 0.25) is 0 Å². The van der Waals surface area contributed by atoms with Crippen LogP contribution >= 0.6 is 12.2 Å². The Hall–Kier alpha value is -1.05. The number of thiocarbonyl (C=S) groups is 1. The van der Waals surface area contributed by atoms with E-state index in [1.807, 2.05) is 12.1 Å². The molecule has 1 fully saturated rings. The van der Waals surface area contributed by atoms with Crippen LogP contribution < -0.4 is 10.5 Å². The van der Waals surface area contributed by atoms with E-state index in [4.69, 9.17) is 18.0 Å². The third-order valence-corrected chi connectivity index (χ3v) is 4.67. The zero-order chi connectivity index (χ0) is 13.9. The Morgan fingerprint density at radius 1 is 1.53 bits per heavy atom. The second kappa shape index (κ2) is 5.94. The summed E-state index contributed by atoms with van der Waals surface area (Å²) in [7, 11) is -3.39. The summed E-state index contributed by atoms with van der Waals surface area (Å²) in [5, 5.41) is 0. The number of pyridine rings is 1. The van der Waals surface area contributed by atoms with Crippen LogP contribution in [0.25, 0.3) is 0 Å². The minimum Gasteiger partial charge on any atom is -0.392 e. The van der Waals surface area contributed by atoms with Gasteiger partial charge in [-0.15, -0.1) is 0 Å². The Bertz CT molecular complexity index is 541. The summed E-state index contributed by atoms with van der Waals surface area (Å²) in [4.78, 5) is 4.33. The highest BCUT2D eigenvalue weighted by Gasteiger charge is 2.35. The van der Waals surface area contributed by atoms with Crippen LogP contribution in [-0.4, -0.2) is 30.2 Å². The van der Waals surface area contributed by atoms with E-state index >= 15 is 0 Å². The molecule has 104 valence electrons. The van der Waals surface area contributed by atoms with E-state index in [1.165, 1.54) is 0 Å². The maximum atomic E-state index is 12.0. The number of hydrogen-bond acceptors (Lipinski definition) is 4. The monoisotopic (exact) mass is 299 g/mol. The molecule has 0 saturated heterocycles. The van der Waals surface area contributed by atoms with Gasteiger partial charge in [0.15, 0.2) is 0 Å². The van der Waals surface area contributed by atoms with Gasteiger partial charge in [-0.05, 0) is 30.9 Å². The van der Waals surface area contributed by atoms with Crippen molar-refractivity contribution in [2.75, 3.05) is 5.75 Å². The van der Waals surface area contributed by atoms with Crippen LogP contribution in [0.1, 0.15) is 18.5 Å². The molecule has 1 unspecified atom stereocenters. The first-order valence-electron chi connectivity index (χ1n) is 6.17. The number of nitrogens with one attached hydrogen (secondary N) is 1. The maximum absolute atomic E-state index is 12.0. The minimum absolute atomic E-state index is 0.00412. The maximum Gasteiger partial charge on any atom is 0.212 e. The number of rotatable bonds is 7. The van der Waals surface area contributed by atoms with Gasteiger partial charge in [0, 0.05) is 18.3 Å². The standard InChI is InChI=1S/C12H17N3O2S2/c13-12(18)11(9-4-5-9)15-19(16,17)8-6-10-3-1-2-7-14-10/h1-3,7,9,11,15H,4-6,8H2,(H2,13,18). The lowest BCUT2D eigenvalue weighted by Gasteiger charge is -2.16. The Balaban J connectivity index is 1.93. The predicted octanol–water partition coefficient (Wildman–Crippen LogP) is 0.608. The van der Waals surface area contributed by atoms with Crippen molar-refractivity contribution in [3.63, 3.8) is 0 Å². The summed E-state index contributed by atoms with van der Waals surface area (Å²) in [5.74, 6) is 0.262. The number of aryl methyl sites for hydroxylation is 1. The van der Waals surface area contributed by atoms with Crippen LogP contribution in [0.4, 0.5) is 0 Å². The Morgan fingerprint density at radius 3 is 2.79 bits per heavy atom. The van der Waals surface area contributed by atoms with Gasteiger partial charge in [-0.25, -0.2) is 13.1 Å². The summed E-state index contributed by atoms with van der Waals surface area (Å²) >= 11 is 4.92.